The van der Waals surface area contributed by atoms with Gasteiger partial charge in [-0.1, -0.05) is 27.7 Å². The van der Waals surface area contributed by atoms with Gasteiger partial charge in [-0.3, -0.25) is 9.82 Å². The molecule has 1 saturated carbocycles. The fourth-order valence-electron chi connectivity index (χ4n) is 2.74. The molecule has 102 valence electrons. The molecule has 5 nitrogen and oxygen atoms in total. The van der Waals surface area contributed by atoms with E-state index in [0.717, 1.165) is 5.69 Å². The van der Waals surface area contributed by atoms with Gasteiger partial charge in [0, 0.05) is 17.7 Å². The number of nitrogens with one attached hydrogen (secondary N) is 2. The summed E-state index contributed by atoms with van der Waals surface area (Å²) in [5.41, 5.74) is 1.42. The second-order valence-corrected chi connectivity index (χ2v) is 8.10. The van der Waals surface area contributed by atoms with Gasteiger partial charge < -0.3 is 0 Å². The Morgan fingerprint density at radius 1 is 1.33 bits per heavy atom. The number of aromatic amines is 1. The van der Waals surface area contributed by atoms with Crippen molar-refractivity contribution in [1.29, 1.82) is 0 Å². The quantitative estimate of drug-likeness (QED) is 0.882. The van der Waals surface area contributed by atoms with Crippen molar-refractivity contribution < 1.29 is 8.42 Å². The molecule has 1 aliphatic rings. The van der Waals surface area contributed by atoms with Crippen LogP contribution in [-0.2, 0) is 10.0 Å². The highest BCUT2D eigenvalue weighted by atomic mass is 32.2. The SMILES string of the molecule is CCS(=O)(=O)Nc1cc(C2C(C)(C)C2(C)C)[nH]n1. The van der Waals surface area contributed by atoms with Gasteiger partial charge in [-0.15, -0.1) is 0 Å². The summed E-state index contributed by atoms with van der Waals surface area (Å²) in [4.78, 5) is 0. The van der Waals surface area contributed by atoms with Crippen molar-refractivity contribution in [3.05, 3.63) is 11.8 Å². The van der Waals surface area contributed by atoms with Crippen molar-refractivity contribution in [1.82, 2.24) is 10.2 Å². The third-order valence-electron chi connectivity index (χ3n) is 4.57. The molecule has 1 fully saturated rings. The minimum atomic E-state index is -3.25. The van der Waals surface area contributed by atoms with E-state index in [1.807, 2.05) is 0 Å². The van der Waals surface area contributed by atoms with Gasteiger partial charge in [0.15, 0.2) is 5.82 Å². The number of H-pyrrole nitrogens is 1. The Hall–Kier alpha value is -1.04. The number of anilines is 1. The zero-order valence-electron chi connectivity index (χ0n) is 11.5. The highest BCUT2D eigenvalue weighted by Gasteiger charge is 2.65. The molecular formula is C12H21N3O2S. The van der Waals surface area contributed by atoms with Gasteiger partial charge in [-0.2, -0.15) is 5.10 Å². The number of sulfonamides is 1. The van der Waals surface area contributed by atoms with Crippen LogP contribution in [0.2, 0.25) is 0 Å². The van der Waals surface area contributed by atoms with Crippen LogP contribution in [0.1, 0.15) is 46.2 Å². The van der Waals surface area contributed by atoms with E-state index in [9.17, 15) is 8.42 Å². The van der Waals surface area contributed by atoms with E-state index in [2.05, 4.69) is 42.6 Å². The molecule has 1 heterocycles. The molecule has 6 heteroatoms. The summed E-state index contributed by atoms with van der Waals surface area (Å²) < 4.78 is 25.4. The Bertz CT molecular complexity index is 544. The minimum Gasteiger partial charge on any atom is -0.280 e. The highest BCUT2D eigenvalue weighted by Crippen LogP contribution is 2.73. The summed E-state index contributed by atoms with van der Waals surface area (Å²) in [5.74, 6) is 0.818. The van der Waals surface area contributed by atoms with Crippen LogP contribution in [0.4, 0.5) is 5.82 Å². The number of rotatable bonds is 4. The Kier molecular flexibility index (Phi) is 2.77. The van der Waals surface area contributed by atoms with E-state index in [1.54, 1.807) is 13.0 Å². The zero-order chi connectivity index (χ0) is 13.8. The van der Waals surface area contributed by atoms with Crippen LogP contribution in [-0.4, -0.2) is 24.4 Å². The van der Waals surface area contributed by atoms with Crippen molar-refractivity contribution in [3.8, 4) is 0 Å². The average Bonchev–Trinajstić information content (AvgIpc) is 2.58. The summed E-state index contributed by atoms with van der Waals surface area (Å²) in [7, 11) is -3.25. The van der Waals surface area contributed by atoms with E-state index in [-0.39, 0.29) is 16.6 Å². The van der Waals surface area contributed by atoms with Gasteiger partial charge >= 0.3 is 0 Å². The van der Waals surface area contributed by atoms with Crippen LogP contribution in [0.3, 0.4) is 0 Å². The fourth-order valence-corrected chi connectivity index (χ4v) is 3.31. The molecule has 0 aliphatic heterocycles. The number of aromatic nitrogens is 2. The first kappa shape index (κ1) is 13.4. The molecular weight excluding hydrogens is 250 g/mol. The van der Waals surface area contributed by atoms with Crippen molar-refractivity contribution in [2.45, 2.75) is 40.5 Å². The van der Waals surface area contributed by atoms with Crippen LogP contribution in [0.15, 0.2) is 6.07 Å². The van der Waals surface area contributed by atoms with E-state index in [0.29, 0.717) is 11.7 Å². The van der Waals surface area contributed by atoms with Gasteiger partial charge in [-0.25, -0.2) is 8.42 Å². The fraction of sp³-hybridized carbons (Fsp3) is 0.750. The molecule has 0 amide bonds. The zero-order valence-corrected chi connectivity index (χ0v) is 12.4. The normalized spacial score (nSPS) is 21.8. The molecule has 0 aromatic carbocycles. The molecule has 1 aliphatic carbocycles. The van der Waals surface area contributed by atoms with Crippen LogP contribution in [0.25, 0.3) is 0 Å². The Labute approximate surface area is 108 Å². The molecule has 1 aromatic rings. The van der Waals surface area contributed by atoms with Gasteiger partial charge in [0.2, 0.25) is 10.0 Å². The predicted octanol–water partition coefficient (Wildman–Crippen LogP) is 2.32. The molecule has 0 spiro atoms. The third kappa shape index (κ3) is 1.92. The van der Waals surface area contributed by atoms with E-state index < -0.39 is 10.0 Å². The molecule has 1 aromatic heterocycles. The van der Waals surface area contributed by atoms with Crippen LogP contribution >= 0.6 is 0 Å². The van der Waals surface area contributed by atoms with Gasteiger partial charge in [0.05, 0.1) is 5.75 Å². The molecule has 2 N–H and O–H groups in total. The summed E-state index contributed by atoms with van der Waals surface area (Å²) in [6.07, 6.45) is 0. The molecule has 0 radical (unpaired) electrons. The van der Waals surface area contributed by atoms with Crippen LogP contribution in [0.5, 0.6) is 0 Å². The number of hydrogen-bond acceptors (Lipinski definition) is 3. The maximum absolute atomic E-state index is 11.5. The summed E-state index contributed by atoms with van der Waals surface area (Å²) in [5, 5.41) is 6.98. The number of hydrogen-bond donors (Lipinski definition) is 2. The third-order valence-corrected chi connectivity index (χ3v) is 5.85. The van der Waals surface area contributed by atoms with E-state index >= 15 is 0 Å². The van der Waals surface area contributed by atoms with Crippen molar-refractivity contribution in [3.63, 3.8) is 0 Å². The number of nitrogens with zero attached hydrogens (tertiary/aromatic N) is 1. The molecule has 0 atom stereocenters. The summed E-state index contributed by atoms with van der Waals surface area (Å²) >= 11 is 0. The maximum Gasteiger partial charge on any atom is 0.233 e. The molecule has 0 unspecified atom stereocenters. The van der Waals surface area contributed by atoms with Gasteiger partial charge in [0.1, 0.15) is 0 Å². The van der Waals surface area contributed by atoms with Gasteiger partial charge in [-0.05, 0) is 17.8 Å². The minimum absolute atomic E-state index is 0.0512. The average molecular weight is 271 g/mol. The second kappa shape index (κ2) is 3.73. The Balaban J connectivity index is 2.19. The first-order valence-corrected chi connectivity index (χ1v) is 7.83. The first-order chi connectivity index (χ1) is 8.12. The lowest BCUT2D eigenvalue weighted by Gasteiger charge is -2.03. The van der Waals surface area contributed by atoms with Crippen molar-refractivity contribution >= 4 is 15.8 Å². The van der Waals surface area contributed by atoms with E-state index in [1.165, 1.54) is 0 Å². The van der Waals surface area contributed by atoms with Crippen LogP contribution < -0.4 is 4.72 Å². The molecule has 0 saturated heterocycles. The second-order valence-electron chi connectivity index (χ2n) is 6.09. The smallest absolute Gasteiger partial charge is 0.233 e. The lowest BCUT2D eigenvalue weighted by atomic mass is 10.0. The molecule has 18 heavy (non-hydrogen) atoms. The highest BCUT2D eigenvalue weighted by molar-refractivity contribution is 7.92. The first-order valence-electron chi connectivity index (χ1n) is 6.17. The largest absolute Gasteiger partial charge is 0.280 e. The summed E-state index contributed by atoms with van der Waals surface area (Å²) in [6, 6.07) is 1.80. The maximum atomic E-state index is 11.5. The Morgan fingerprint density at radius 3 is 2.33 bits per heavy atom. The van der Waals surface area contributed by atoms with Crippen molar-refractivity contribution in [2.24, 2.45) is 10.8 Å². The molecule has 2 rings (SSSR count). The predicted molar refractivity (Wildman–Crippen MR) is 72.0 cm³/mol. The standard InChI is InChI=1S/C12H21N3O2S/c1-6-18(16,17)15-9-7-8(13-14-9)10-11(2,3)12(10,4)5/h7,10H,6H2,1-5H3,(H2,13,14,15). The van der Waals surface area contributed by atoms with Crippen molar-refractivity contribution in [2.75, 3.05) is 10.5 Å². The lowest BCUT2D eigenvalue weighted by Crippen LogP contribution is -2.14. The van der Waals surface area contributed by atoms with E-state index in [4.69, 9.17) is 0 Å². The monoisotopic (exact) mass is 271 g/mol. The van der Waals surface area contributed by atoms with Crippen LogP contribution in [0, 0.1) is 10.8 Å². The van der Waals surface area contributed by atoms with Gasteiger partial charge in [0.25, 0.3) is 0 Å². The Morgan fingerprint density at radius 2 is 1.89 bits per heavy atom. The molecule has 0 bridgehead atoms. The lowest BCUT2D eigenvalue weighted by molar-refractivity contribution is 0.457. The summed E-state index contributed by atoms with van der Waals surface area (Å²) in [6.45, 7) is 10.5. The topological polar surface area (TPSA) is 74.8 Å².